The molecule has 0 saturated heterocycles. The molecule has 1 nitrogen and oxygen atoms in total. The van der Waals surface area contributed by atoms with E-state index >= 15 is 0 Å². The molecule has 0 fully saturated rings. The Bertz CT molecular complexity index is 301. The SMILES string of the molecule is COc1cc2c(cc1C)CCC2. The van der Waals surface area contributed by atoms with Gasteiger partial charge in [-0.1, -0.05) is 6.07 Å². The summed E-state index contributed by atoms with van der Waals surface area (Å²) in [5.74, 6) is 1.04. The molecule has 2 rings (SSSR count). The van der Waals surface area contributed by atoms with E-state index in [1.807, 2.05) is 0 Å². The van der Waals surface area contributed by atoms with Crippen LogP contribution in [-0.2, 0) is 12.8 Å². The van der Waals surface area contributed by atoms with Gasteiger partial charge in [0.2, 0.25) is 0 Å². The van der Waals surface area contributed by atoms with Gasteiger partial charge in [-0.2, -0.15) is 0 Å². The van der Waals surface area contributed by atoms with E-state index in [1.54, 1.807) is 7.11 Å². The van der Waals surface area contributed by atoms with E-state index in [1.165, 1.54) is 36.0 Å². The highest BCUT2D eigenvalue weighted by atomic mass is 16.5. The molecule has 0 heterocycles. The average Bonchev–Trinajstić information content (AvgIpc) is 2.49. The first-order valence-electron chi connectivity index (χ1n) is 4.47. The molecular formula is C11H14O. The molecule has 0 saturated carbocycles. The van der Waals surface area contributed by atoms with Crippen molar-refractivity contribution in [2.24, 2.45) is 0 Å². The first-order chi connectivity index (χ1) is 5.81. The van der Waals surface area contributed by atoms with E-state index in [9.17, 15) is 0 Å². The van der Waals surface area contributed by atoms with Gasteiger partial charge >= 0.3 is 0 Å². The Morgan fingerprint density at radius 1 is 1.17 bits per heavy atom. The lowest BCUT2D eigenvalue weighted by molar-refractivity contribution is 0.411. The highest BCUT2D eigenvalue weighted by Gasteiger charge is 2.12. The quantitative estimate of drug-likeness (QED) is 0.616. The highest BCUT2D eigenvalue weighted by molar-refractivity contribution is 5.43. The molecule has 0 amide bonds. The molecule has 1 aliphatic carbocycles. The molecule has 0 N–H and O–H groups in total. The fraction of sp³-hybridized carbons (Fsp3) is 0.455. The molecule has 0 unspecified atom stereocenters. The second kappa shape index (κ2) is 2.81. The molecule has 1 heteroatoms. The van der Waals surface area contributed by atoms with E-state index in [0.29, 0.717) is 0 Å². The number of ether oxygens (including phenoxy) is 1. The number of methoxy groups -OCH3 is 1. The number of hydrogen-bond donors (Lipinski definition) is 0. The summed E-state index contributed by atoms with van der Waals surface area (Å²) in [4.78, 5) is 0. The van der Waals surface area contributed by atoms with Crippen LogP contribution in [0.25, 0.3) is 0 Å². The smallest absolute Gasteiger partial charge is 0.122 e. The first-order valence-corrected chi connectivity index (χ1v) is 4.47. The maximum absolute atomic E-state index is 5.27. The lowest BCUT2D eigenvalue weighted by Gasteiger charge is -2.07. The number of fused-ring (bicyclic) bond motifs is 1. The highest BCUT2D eigenvalue weighted by Crippen LogP contribution is 2.28. The Morgan fingerprint density at radius 3 is 2.50 bits per heavy atom. The van der Waals surface area contributed by atoms with Gasteiger partial charge in [0.15, 0.2) is 0 Å². The monoisotopic (exact) mass is 162 g/mol. The molecular weight excluding hydrogens is 148 g/mol. The van der Waals surface area contributed by atoms with Crippen LogP contribution in [0.5, 0.6) is 5.75 Å². The van der Waals surface area contributed by atoms with Crippen LogP contribution in [-0.4, -0.2) is 7.11 Å². The predicted octanol–water partition coefficient (Wildman–Crippen LogP) is 2.49. The van der Waals surface area contributed by atoms with E-state index in [-0.39, 0.29) is 0 Å². The van der Waals surface area contributed by atoms with Crippen LogP contribution in [0.1, 0.15) is 23.1 Å². The minimum atomic E-state index is 1.04. The van der Waals surface area contributed by atoms with Crippen molar-refractivity contribution in [3.05, 3.63) is 28.8 Å². The van der Waals surface area contributed by atoms with Gasteiger partial charge in [0, 0.05) is 0 Å². The maximum Gasteiger partial charge on any atom is 0.122 e. The molecule has 0 bridgehead atoms. The van der Waals surface area contributed by atoms with Gasteiger partial charge < -0.3 is 4.74 Å². The van der Waals surface area contributed by atoms with E-state index < -0.39 is 0 Å². The van der Waals surface area contributed by atoms with Crippen molar-refractivity contribution in [1.29, 1.82) is 0 Å². The molecule has 12 heavy (non-hydrogen) atoms. The summed E-state index contributed by atoms with van der Waals surface area (Å²) in [6.45, 7) is 2.11. The largest absolute Gasteiger partial charge is 0.496 e. The molecule has 1 aromatic rings. The second-order valence-electron chi connectivity index (χ2n) is 3.44. The van der Waals surface area contributed by atoms with Crippen LogP contribution in [0.4, 0.5) is 0 Å². The third kappa shape index (κ3) is 1.09. The van der Waals surface area contributed by atoms with Crippen molar-refractivity contribution in [3.8, 4) is 5.75 Å². The fourth-order valence-corrected chi connectivity index (χ4v) is 1.94. The fourth-order valence-electron chi connectivity index (χ4n) is 1.94. The van der Waals surface area contributed by atoms with Gasteiger partial charge in [-0.3, -0.25) is 0 Å². The Hall–Kier alpha value is -0.980. The third-order valence-electron chi connectivity index (χ3n) is 2.61. The zero-order valence-corrected chi connectivity index (χ0v) is 7.68. The van der Waals surface area contributed by atoms with Gasteiger partial charge in [-0.25, -0.2) is 0 Å². The number of rotatable bonds is 1. The molecule has 0 aliphatic heterocycles. The summed E-state index contributed by atoms with van der Waals surface area (Å²) in [5.41, 5.74) is 4.27. The number of hydrogen-bond acceptors (Lipinski definition) is 1. The van der Waals surface area contributed by atoms with Crippen LogP contribution < -0.4 is 4.74 Å². The van der Waals surface area contributed by atoms with E-state index in [4.69, 9.17) is 4.74 Å². The van der Waals surface area contributed by atoms with Crippen molar-refractivity contribution in [2.75, 3.05) is 7.11 Å². The third-order valence-corrected chi connectivity index (χ3v) is 2.61. The van der Waals surface area contributed by atoms with Crippen molar-refractivity contribution in [3.63, 3.8) is 0 Å². The normalized spacial score (nSPS) is 14.5. The number of aryl methyl sites for hydroxylation is 3. The molecule has 0 aromatic heterocycles. The summed E-state index contributed by atoms with van der Waals surface area (Å²) < 4.78 is 5.27. The second-order valence-corrected chi connectivity index (χ2v) is 3.44. The van der Waals surface area contributed by atoms with E-state index in [2.05, 4.69) is 19.1 Å². The minimum Gasteiger partial charge on any atom is -0.496 e. The molecule has 1 aromatic carbocycles. The number of benzene rings is 1. The Morgan fingerprint density at radius 2 is 1.83 bits per heavy atom. The summed E-state index contributed by atoms with van der Waals surface area (Å²) in [5, 5.41) is 0. The first kappa shape index (κ1) is 7.66. The standard InChI is InChI=1S/C11H14O/c1-8-6-9-4-3-5-10(9)7-11(8)12-2/h6-7H,3-5H2,1-2H3. The predicted molar refractivity (Wildman–Crippen MR) is 49.8 cm³/mol. The van der Waals surface area contributed by atoms with Crippen LogP contribution in [0.3, 0.4) is 0 Å². The topological polar surface area (TPSA) is 9.23 Å². The van der Waals surface area contributed by atoms with Crippen molar-refractivity contribution in [2.45, 2.75) is 26.2 Å². The van der Waals surface area contributed by atoms with Crippen LogP contribution in [0, 0.1) is 6.92 Å². The molecule has 64 valence electrons. The van der Waals surface area contributed by atoms with Gasteiger partial charge in [0.25, 0.3) is 0 Å². The summed E-state index contributed by atoms with van der Waals surface area (Å²) >= 11 is 0. The molecule has 0 atom stereocenters. The van der Waals surface area contributed by atoms with Gasteiger partial charge in [-0.15, -0.1) is 0 Å². The minimum absolute atomic E-state index is 1.04. The van der Waals surface area contributed by atoms with Crippen molar-refractivity contribution >= 4 is 0 Å². The molecule has 1 aliphatic rings. The van der Waals surface area contributed by atoms with Crippen molar-refractivity contribution < 1.29 is 4.74 Å². The van der Waals surface area contributed by atoms with Crippen LogP contribution in [0.15, 0.2) is 12.1 Å². The molecule has 0 spiro atoms. The van der Waals surface area contributed by atoms with Gasteiger partial charge in [0.05, 0.1) is 7.11 Å². The molecule has 0 radical (unpaired) electrons. The summed E-state index contributed by atoms with van der Waals surface area (Å²) in [6.07, 6.45) is 3.79. The maximum atomic E-state index is 5.27. The van der Waals surface area contributed by atoms with E-state index in [0.717, 1.165) is 5.75 Å². The Kier molecular flexibility index (Phi) is 1.80. The zero-order valence-electron chi connectivity index (χ0n) is 7.68. The lowest BCUT2D eigenvalue weighted by atomic mass is 10.1. The summed E-state index contributed by atoms with van der Waals surface area (Å²) in [7, 11) is 1.74. The van der Waals surface area contributed by atoms with Gasteiger partial charge in [0.1, 0.15) is 5.75 Å². The van der Waals surface area contributed by atoms with Crippen LogP contribution in [0.2, 0.25) is 0 Å². The lowest BCUT2D eigenvalue weighted by Crippen LogP contribution is -1.90. The Labute approximate surface area is 73.4 Å². The zero-order chi connectivity index (χ0) is 8.55. The Balaban J connectivity index is 2.49. The van der Waals surface area contributed by atoms with Gasteiger partial charge in [-0.05, 0) is 48.9 Å². The van der Waals surface area contributed by atoms with Crippen LogP contribution >= 0.6 is 0 Å². The van der Waals surface area contributed by atoms with Crippen molar-refractivity contribution in [1.82, 2.24) is 0 Å². The summed E-state index contributed by atoms with van der Waals surface area (Å²) in [6, 6.07) is 4.46. The average molecular weight is 162 g/mol.